The largest absolute Gasteiger partial charge is 0.497 e. The van der Waals surface area contributed by atoms with Gasteiger partial charge in [-0.3, -0.25) is 9.52 Å². The quantitative estimate of drug-likeness (QED) is 0.569. The number of carbonyl (C=O) groups excluding carboxylic acids is 1. The minimum atomic E-state index is -3.97. The number of amides is 1. The van der Waals surface area contributed by atoms with Crippen LogP contribution in [0.5, 0.6) is 11.5 Å². The number of halogens is 1. The zero-order chi connectivity index (χ0) is 21.6. The molecule has 3 rings (SSSR count). The number of anilines is 2. The van der Waals surface area contributed by atoms with E-state index in [4.69, 9.17) is 9.47 Å². The summed E-state index contributed by atoms with van der Waals surface area (Å²) in [6.07, 6.45) is 0. The molecule has 30 heavy (non-hydrogen) atoms. The Labute approximate surface area is 173 Å². The number of nitrogens with one attached hydrogen (secondary N) is 2. The first-order valence-electron chi connectivity index (χ1n) is 8.81. The van der Waals surface area contributed by atoms with Crippen LogP contribution >= 0.6 is 0 Å². The van der Waals surface area contributed by atoms with Gasteiger partial charge < -0.3 is 14.8 Å². The number of ether oxygens (including phenoxy) is 2. The fourth-order valence-corrected chi connectivity index (χ4v) is 3.57. The van der Waals surface area contributed by atoms with Gasteiger partial charge in [-0.05, 0) is 48.5 Å². The Morgan fingerprint density at radius 2 is 1.67 bits per heavy atom. The van der Waals surface area contributed by atoms with Crippen LogP contribution in [-0.4, -0.2) is 28.0 Å². The number of rotatable bonds is 8. The second kappa shape index (κ2) is 9.27. The zero-order valence-corrected chi connectivity index (χ0v) is 16.8. The number of carbonyl (C=O) groups is 1. The molecule has 0 aliphatic rings. The second-order valence-corrected chi connectivity index (χ2v) is 7.81. The number of hydrogen-bond donors (Lipinski definition) is 2. The van der Waals surface area contributed by atoms with Gasteiger partial charge in [0.15, 0.2) is 6.61 Å². The molecule has 0 fully saturated rings. The van der Waals surface area contributed by atoms with Crippen molar-refractivity contribution in [3.63, 3.8) is 0 Å². The van der Waals surface area contributed by atoms with E-state index in [1.165, 1.54) is 49.6 Å². The number of methoxy groups -OCH3 is 1. The summed E-state index contributed by atoms with van der Waals surface area (Å²) in [5, 5.41) is 2.61. The number of hydrogen-bond acceptors (Lipinski definition) is 5. The highest BCUT2D eigenvalue weighted by Crippen LogP contribution is 2.21. The summed E-state index contributed by atoms with van der Waals surface area (Å²) < 4.78 is 51.2. The number of para-hydroxylation sites is 1. The van der Waals surface area contributed by atoms with E-state index in [2.05, 4.69) is 10.0 Å². The van der Waals surface area contributed by atoms with Crippen molar-refractivity contribution in [2.45, 2.75) is 4.90 Å². The first kappa shape index (κ1) is 21.1. The van der Waals surface area contributed by atoms with Crippen LogP contribution in [0.3, 0.4) is 0 Å². The Bertz CT molecular complexity index is 1130. The summed E-state index contributed by atoms with van der Waals surface area (Å²) in [6, 6.07) is 17.8. The maximum Gasteiger partial charge on any atom is 0.262 e. The fourth-order valence-electron chi connectivity index (χ4n) is 2.50. The monoisotopic (exact) mass is 430 g/mol. The van der Waals surface area contributed by atoms with Gasteiger partial charge in [0.2, 0.25) is 0 Å². The highest BCUT2D eigenvalue weighted by atomic mass is 32.2. The third-order valence-corrected chi connectivity index (χ3v) is 5.36. The maximum absolute atomic E-state index is 13.7. The molecule has 9 heteroatoms. The van der Waals surface area contributed by atoms with E-state index in [1.54, 1.807) is 24.3 Å². The summed E-state index contributed by atoms with van der Waals surface area (Å²) in [5.41, 5.74) is 0.239. The molecule has 3 aromatic carbocycles. The van der Waals surface area contributed by atoms with Gasteiger partial charge >= 0.3 is 0 Å². The van der Waals surface area contributed by atoms with Crippen LogP contribution in [0, 0.1) is 5.82 Å². The second-order valence-electron chi connectivity index (χ2n) is 6.13. The average molecular weight is 430 g/mol. The highest BCUT2D eigenvalue weighted by Gasteiger charge is 2.16. The molecule has 0 heterocycles. The van der Waals surface area contributed by atoms with Crippen LogP contribution in [-0.2, 0) is 14.8 Å². The van der Waals surface area contributed by atoms with Crippen molar-refractivity contribution in [3.8, 4) is 11.5 Å². The van der Waals surface area contributed by atoms with Gasteiger partial charge in [-0.15, -0.1) is 0 Å². The Hall–Kier alpha value is -3.59. The van der Waals surface area contributed by atoms with E-state index >= 15 is 0 Å². The number of benzene rings is 3. The van der Waals surface area contributed by atoms with Gasteiger partial charge in [0, 0.05) is 11.8 Å². The predicted molar refractivity (Wildman–Crippen MR) is 111 cm³/mol. The van der Waals surface area contributed by atoms with Crippen molar-refractivity contribution >= 4 is 27.3 Å². The molecule has 0 aliphatic carbocycles. The van der Waals surface area contributed by atoms with E-state index in [1.807, 2.05) is 0 Å². The standard InChI is InChI=1S/C21H19FN2O5S/c1-28-16-5-4-6-17(13-16)29-14-21(25)23-15-9-11-18(12-10-15)30(26,27)24-20-8-3-2-7-19(20)22/h2-13,24H,14H2,1H3,(H,23,25). The van der Waals surface area contributed by atoms with E-state index in [0.29, 0.717) is 17.2 Å². The van der Waals surface area contributed by atoms with Gasteiger partial charge in [0.25, 0.3) is 15.9 Å². The first-order valence-corrected chi connectivity index (χ1v) is 10.3. The zero-order valence-electron chi connectivity index (χ0n) is 16.0. The molecule has 0 atom stereocenters. The predicted octanol–water partition coefficient (Wildman–Crippen LogP) is 3.65. The van der Waals surface area contributed by atoms with Gasteiger partial charge in [-0.1, -0.05) is 18.2 Å². The van der Waals surface area contributed by atoms with Crippen LogP contribution in [0.15, 0.2) is 77.7 Å². The van der Waals surface area contributed by atoms with Crippen LogP contribution in [0.1, 0.15) is 0 Å². The van der Waals surface area contributed by atoms with Crippen molar-refractivity contribution in [2.24, 2.45) is 0 Å². The Balaban J connectivity index is 1.59. The van der Waals surface area contributed by atoms with Crippen LogP contribution in [0.25, 0.3) is 0 Å². The van der Waals surface area contributed by atoms with Gasteiger partial charge in [-0.25, -0.2) is 12.8 Å². The summed E-state index contributed by atoms with van der Waals surface area (Å²) in [4.78, 5) is 12.0. The molecule has 3 aromatic rings. The van der Waals surface area contributed by atoms with E-state index in [0.717, 1.165) is 6.07 Å². The molecule has 7 nitrogen and oxygen atoms in total. The van der Waals surface area contributed by atoms with Crippen molar-refractivity contribution in [2.75, 3.05) is 23.8 Å². The molecule has 0 aromatic heterocycles. The highest BCUT2D eigenvalue weighted by molar-refractivity contribution is 7.92. The molecule has 2 N–H and O–H groups in total. The Morgan fingerprint density at radius 3 is 2.37 bits per heavy atom. The Kier molecular flexibility index (Phi) is 6.53. The third kappa shape index (κ3) is 5.48. The minimum absolute atomic E-state index is 0.0728. The smallest absolute Gasteiger partial charge is 0.262 e. The maximum atomic E-state index is 13.7. The molecular formula is C21H19FN2O5S. The lowest BCUT2D eigenvalue weighted by Crippen LogP contribution is -2.20. The Morgan fingerprint density at radius 1 is 0.967 bits per heavy atom. The summed E-state index contributed by atoms with van der Waals surface area (Å²) >= 11 is 0. The van der Waals surface area contributed by atoms with E-state index in [-0.39, 0.29) is 17.2 Å². The molecule has 0 bridgehead atoms. The lowest BCUT2D eigenvalue weighted by atomic mass is 10.3. The molecule has 156 valence electrons. The first-order chi connectivity index (χ1) is 14.4. The van der Waals surface area contributed by atoms with Gasteiger partial charge in [-0.2, -0.15) is 0 Å². The fraction of sp³-hybridized carbons (Fsp3) is 0.0952. The molecule has 0 unspecified atom stereocenters. The molecule has 1 amide bonds. The van der Waals surface area contributed by atoms with Crippen LogP contribution in [0.4, 0.5) is 15.8 Å². The minimum Gasteiger partial charge on any atom is -0.497 e. The SMILES string of the molecule is COc1cccc(OCC(=O)Nc2ccc(S(=O)(=O)Nc3ccccc3F)cc2)c1. The summed E-state index contributed by atoms with van der Waals surface area (Å²) in [7, 11) is -2.44. The summed E-state index contributed by atoms with van der Waals surface area (Å²) in [5.74, 6) is -0.0160. The lowest BCUT2D eigenvalue weighted by molar-refractivity contribution is -0.118. The van der Waals surface area contributed by atoms with Crippen molar-refractivity contribution in [3.05, 3.63) is 78.6 Å². The lowest BCUT2D eigenvalue weighted by Gasteiger charge is -2.11. The van der Waals surface area contributed by atoms with Crippen molar-refractivity contribution in [1.29, 1.82) is 0 Å². The molecule has 0 saturated carbocycles. The normalized spacial score (nSPS) is 10.9. The van der Waals surface area contributed by atoms with E-state index in [9.17, 15) is 17.6 Å². The van der Waals surface area contributed by atoms with Crippen LogP contribution in [0.2, 0.25) is 0 Å². The van der Waals surface area contributed by atoms with Gasteiger partial charge in [0.05, 0.1) is 17.7 Å². The van der Waals surface area contributed by atoms with E-state index < -0.39 is 21.7 Å². The summed E-state index contributed by atoms with van der Waals surface area (Å²) in [6.45, 7) is -0.234. The van der Waals surface area contributed by atoms with Crippen molar-refractivity contribution < 1.29 is 27.1 Å². The molecule has 0 radical (unpaired) electrons. The van der Waals surface area contributed by atoms with Gasteiger partial charge in [0.1, 0.15) is 17.3 Å². The number of sulfonamides is 1. The average Bonchev–Trinajstić information content (AvgIpc) is 2.74. The molecule has 0 spiro atoms. The van der Waals surface area contributed by atoms with Crippen LogP contribution < -0.4 is 19.5 Å². The molecular weight excluding hydrogens is 411 g/mol. The van der Waals surface area contributed by atoms with Crippen molar-refractivity contribution in [1.82, 2.24) is 0 Å². The molecule has 0 saturated heterocycles. The third-order valence-electron chi connectivity index (χ3n) is 3.98. The molecule has 0 aliphatic heterocycles. The topological polar surface area (TPSA) is 93.7 Å².